The Balaban J connectivity index is 1.17. The lowest BCUT2D eigenvalue weighted by Crippen LogP contribution is -2.84. The summed E-state index contributed by atoms with van der Waals surface area (Å²) in [4.78, 5) is 24.2. The van der Waals surface area contributed by atoms with Crippen molar-refractivity contribution in [2.45, 2.75) is 30.3 Å². The van der Waals surface area contributed by atoms with Crippen molar-refractivity contribution < 1.29 is 23.5 Å². The molecule has 1 aromatic carbocycles. The van der Waals surface area contributed by atoms with Crippen LogP contribution in [0.1, 0.15) is 19.3 Å². The Morgan fingerprint density at radius 3 is 2.31 bits per heavy atom. The fourth-order valence-corrected chi connectivity index (χ4v) is 4.16. The van der Waals surface area contributed by atoms with Crippen molar-refractivity contribution >= 4 is 23.4 Å². The highest BCUT2D eigenvalue weighted by Crippen LogP contribution is 2.60. The van der Waals surface area contributed by atoms with Crippen molar-refractivity contribution in [3.63, 3.8) is 0 Å². The molecule has 2 N–H and O–H groups in total. The first-order valence-corrected chi connectivity index (χ1v) is 9.47. The van der Waals surface area contributed by atoms with Gasteiger partial charge in [-0.1, -0.05) is 11.6 Å². The van der Waals surface area contributed by atoms with E-state index in [0.717, 1.165) is 6.07 Å². The van der Waals surface area contributed by atoms with E-state index in [-0.39, 0.29) is 46.9 Å². The predicted octanol–water partition coefficient (Wildman–Crippen LogP) is 1.58. The van der Waals surface area contributed by atoms with E-state index >= 15 is 0 Å². The Labute approximate surface area is 171 Å². The van der Waals surface area contributed by atoms with Crippen LogP contribution >= 0.6 is 11.6 Å². The van der Waals surface area contributed by atoms with Crippen LogP contribution in [0.4, 0.5) is 4.39 Å². The molecule has 0 saturated heterocycles. The summed E-state index contributed by atoms with van der Waals surface area (Å²) < 4.78 is 25.6. The molecule has 2 bridgehead atoms. The lowest BCUT2D eigenvalue weighted by atomic mass is 9.44. The molecule has 154 valence electrons. The van der Waals surface area contributed by atoms with Crippen LogP contribution in [-0.4, -0.2) is 45.9 Å². The molecule has 0 aliphatic heterocycles. The maximum absolute atomic E-state index is 13.4. The van der Waals surface area contributed by atoms with Gasteiger partial charge in [-0.05, 0) is 31.4 Å². The number of halogens is 2. The maximum atomic E-state index is 13.4. The number of aryl methyl sites for hydroxylation is 1. The fraction of sp³-hybridized carbons (Fsp3) is 0.421. The van der Waals surface area contributed by atoms with E-state index in [2.05, 4.69) is 15.7 Å². The number of rotatable bonds is 8. The van der Waals surface area contributed by atoms with Gasteiger partial charge in [-0.15, -0.1) is 5.10 Å². The number of hydrogen-bond acceptors (Lipinski definition) is 5. The van der Waals surface area contributed by atoms with Gasteiger partial charge < -0.3 is 20.1 Å². The van der Waals surface area contributed by atoms with Crippen molar-refractivity contribution in [1.82, 2.24) is 20.4 Å². The van der Waals surface area contributed by atoms with Crippen LogP contribution in [0.5, 0.6) is 11.6 Å². The van der Waals surface area contributed by atoms with Crippen LogP contribution in [0.2, 0.25) is 5.02 Å². The minimum Gasteiger partial charge on any atom is -0.484 e. The van der Waals surface area contributed by atoms with Gasteiger partial charge in [0.2, 0.25) is 5.88 Å². The molecule has 0 spiro atoms. The van der Waals surface area contributed by atoms with Crippen molar-refractivity contribution in [2.75, 3.05) is 13.2 Å². The normalized spacial score (nSPS) is 24.1. The molecule has 3 fully saturated rings. The van der Waals surface area contributed by atoms with E-state index < -0.39 is 5.82 Å². The van der Waals surface area contributed by atoms with Crippen LogP contribution < -0.4 is 20.1 Å². The number of carbonyl (C=O) groups excluding carboxylic acids is 2. The number of ether oxygens (including phenoxy) is 2. The molecule has 2 amide bonds. The second-order valence-electron chi connectivity index (χ2n) is 7.67. The van der Waals surface area contributed by atoms with E-state index in [0.29, 0.717) is 25.1 Å². The monoisotopic (exact) mass is 422 g/mol. The molecule has 3 saturated carbocycles. The van der Waals surface area contributed by atoms with E-state index in [4.69, 9.17) is 21.1 Å². The number of nitrogens with zero attached hydrogens (tertiary/aromatic N) is 2. The van der Waals surface area contributed by atoms with Gasteiger partial charge in [-0.2, -0.15) is 0 Å². The molecule has 0 atom stereocenters. The lowest BCUT2D eigenvalue weighted by molar-refractivity contribution is -0.151. The molecule has 1 aromatic heterocycles. The minimum absolute atomic E-state index is 0.00607. The summed E-state index contributed by atoms with van der Waals surface area (Å²) in [6, 6.07) is 5.68. The summed E-state index contributed by atoms with van der Waals surface area (Å²) in [5.41, 5.74) is -0.585. The van der Waals surface area contributed by atoms with Crippen molar-refractivity contribution in [2.24, 2.45) is 7.05 Å². The Hall–Kier alpha value is -2.81. The zero-order valence-corrected chi connectivity index (χ0v) is 16.5. The van der Waals surface area contributed by atoms with Gasteiger partial charge >= 0.3 is 0 Å². The molecule has 3 aliphatic rings. The van der Waals surface area contributed by atoms with Gasteiger partial charge in [0, 0.05) is 36.5 Å². The molecular formula is C19H20ClFN4O4. The molecule has 10 heteroatoms. The summed E-state index contributed by atoms with van der Waals surface area (Å²) in [7, 11) is 1.77. The SMILES string of the molecule is Cn1ccc(OCC(=O)NC23CC(NC(=O)COc4ccc(Cl)c(F)c4)(C2)C3)n1. The molecule has 0 unspecified atom stereocenters. The first-order chi connectivity index (χ1) is 13.8. The average molecular weight is 423 g/mol. The zero-order chi connectivity index (χ0) is 20.6. The zero-order valence-electron chi connectivity index (χ0n) is 15.7. The third kappa shape index (κ3) is 4.14. The van der Waals surface area contributed by atoms with Crippen molar-refractivity contribution in [3.8, 4) is 11.6 Å². The first kappa shape index (κ1) is 19.5. The first-order valence-electron chi connectivity index (χ1n) is 9.09. The van der Waals surface area contributed by atoms with E-state index in [1.54, 1.807) is 24.0 Å². The average Bonchev–Trinajstić information content (AvgIpc) is 3.03. The topological polar surface area (TPSA) is 94.5 Å². The van der Waals surface area contributed by atoms with E-state index in [9.17, 15) is 14.0 Å². The summed E-state index contributed by atoms with van der Waals surface area (Å²) in [6.07, 6.45) is 3.72. The molecule has 0 radical (unpaired) electrons. The third-order valence-corrected chi connectivity index (χ3v) is 5.45. The van der Waals surface area contributed by atoms with E-state index in [1.807, 2.05) is 0 Å². The molecule has 3 aliphatic carbocycles. The predicted molar refractivity (Wildman–Crippen MR) is 101 cm³/mol. The highest BCUT2D eigenvalue weighted by molar-refractivity contribution is 6.30. The van der Waals surface area contributed by atoms with Gasteiger partial charge in [-0.25, -0.2) is 4.39 Å². The Morgan fingerprint density at radius 1 is 1.14 bits per heavy atom. The van der Waals surface area contributed by atoms with Crippen LogP contribution in [-0.2, 0) is 16.6 Å². The van der Waals surface area contributed by atoms with E-state index in [1.165, 1.54) is 12.1 Å². The van der Waals surface area contributed by atoms with Crippen molar-refractivity contribution in [3.05, 3.63) is 41.3 Å². The number of hydrogen-bond donors (Lipinski definition) is 2. The second kappa shape index (κ2) is 7.22. The maximum Gasteiger partial charge on any atom is 0.258 e. The molecule has 29 heavy (non-hydrogen) atoms. The van der Waals surface area contributed by atoms with Crippen LogP contribution in [0.3, 0.4) is 0 Å². The molecule has 2 aromatic rings. The summed E-state index contributed by atoms with van der Waals surface area (Å²) in [5, 5.41) is 9.94. The second-order valence-corrected chi connectivity index (χ2v) is 8.08. The smallest absolute Gasteiger partial charge is 0.258 e. The highest BCUT2D eigenvalue weighted by Gasteiger charge is 2.69. The Morgan fingerprint density at radius 2 is 1.76 bits per heavy atom. The summed E-state index contributed by atoms with van der Waals surface area (Å²) in [6.45, 7) is -0.330. The number of benzene rings is 1. The Kier molecular flexibility index (Phi) is 4.85. The summed E-state index contributed by atoms with van der Waals surface area (Å²) in [5.74, 6) is -0.489. The van der Waals surface area contributed by atoms with Crippen LogP contribution in [0.15, 0.2) is 30.5 Å². The standard InChI is InChI=1S/C19H20ClFN4O4/c1-25-5-4-17(24-25)29-8-16(27)23-19-9-18(10-19,11-19)22-15(26)7-28-12-2-3-13(20)14(21)6-12/h2-6H,7-11H2,1H3,(H,22,26)(H,23,27). The van der Waals surface area contributed by atoms with Gasteiger partial charge in [0.15, 0.2) is 13.2 Å². The van der Waals surface area contributed by atoms with Gasteiger partial charge in [0.05, 0.1) is 5.02 Å². The minimum atomic E-state index is -0.603. The lowest BCUT2D eigenvalue weighted by Gasteiger charge is -2.70. The largest absolute Gasteiger partial charge is 0.484 e. The molecule has 5 rings (SSSR count). The quantitative estimate of drug-likeness (QED) is 0.673. The highest BCUT2D eigenvalue weighted by atomic mass is 35.5. The summed E-state index contributed by atoms with van der Waals surface area (Å²) >= 11 is 5.61. The molecule has 8 nitrogen and oxygen atoms in total. The number of aromatic nitrogens is 2. The number of amides is 2. The Bertz CT molecular complexity index is 944. The fourth-order valence-electron chi connectivity index (χ4n) is 4.04. The number of nitrogens with one attached hydrogen (secondary N) is 2. The van der Waals surface area contributed by atoms with Gasteiger partial charge in [0.25, 0.3) is 11.8 Å². The van der Waals surface area contributed by atoms with Gasteiger partial charge in [0.1, 0.15) is 11.6 Å². The van der Waals surface area contributed by atoms with Crippen molar-refractivity contribution in [1.29, 1.82) is 0 Å². The molecule has 1 heterocycles. The number of carbonyl (C=O) groups is 2. The molecular weight excluding hydrogens is 403 g/mol. The van der Waals surface area contributed by atoms with Gasteiger partial charge in [-0.3, -0.25) is 14.3 Å². The van der Waals surface area contributed by atoms with Crippen LogP contribution in [0.25, 0.3) is 0 Å². The third-order valence-electron chi connectivity index (χ3n) is 5.14. The van der Waals surface area contributed by atoms with Crippen LogP contribution in [0, 0.1) is 5.82 Å².